The minimum Gasteiger partial charge on any atom is -0.388 e. The zero-order valence-electron chi connectivity index (χ0n) is 10.3. The van der Waals surface area contributed by atoms with Crippen LogP contribution in [-0.4, -0.2) is 40.3 Å². The van der Waals surface area contributed by atoms with Crippen molar-refractivity contribution < 1.29 is 14.4 Å². The number of aryl methyl sites for hydroxylation is 1. The summed E-state index contributed by atoms with van der Waals surface area (Å²) >= 11 is 1.66. The lowest BCUT2D eigenvalue weighted by atomic mass is 10.0. The largest absolute Gasteiger partial charge is 0.388 e. The van der Waals surface area contributed by atoms with Crippen molar-refractivity contribution in [2.75, 3.05) is 18.6 Å². The van der Waals surface area contributed by atoms with E-state index in [1.807, 2.05) is 6.26 Å². The molecule has 5 nitrogen and oxygen atoms in total. The molecule has 0 aliphatic carbocycles. The molecule has 0 radical (unpaired) electrons. The molecule has 2 N–H and O–H groups in total. The van der Waals surface area contributed by atoms with E-state index in [4.69, 9.17) is 4.52 Å². The van der Waals surface area contributed by atoms with Gasteiger partial charge in [0.1, 0.15) is 5.76 Å². The van der Waals surface area contributed by atoms with Gasteiger partial charge in [-0.25, -0.2) is 0 Å². The summed E-state index contributed by atoms with van der Waals surface area (Å²) in [5.41, 5.74) is -0.652. The highest BCUT2D eigenvalue weighted by Gasteiger charge is 2.21. The first-order chi connectivity index (χ1) is 7.94. The first-order valence-corrected chi connectivity index (χ1v) is 6.77. The molecule has 0 saturated carbocycles. The van der Waals surface area contributed by atoms with Crippen LogP contribution in [0, 0.1) is 6.92 Å². The van der Waals surface area contributed by atoms with E-state index >= 15 is 0 Å². The van der Waals surface area contributed by atoms with E-state index in [9.17, 15) is 9.90 Å². The third-order valence-corrected chi connectivity index (χ3v) is 2.95. The predicted octanol–water partition coefficient (Wildman–Crippen LogP) is 1.22. The lowest BCUT2D eigenvalue weighted by Crippen LogP contribution is -2.41. The number of amides is 1. The van der Waals surface area contributed by atoms with Gasteiger partial charge in [0, 0.05) is 12.6 Å². The van der Waals surface area contributed by atoms with E-state index in [1.54, 1.807) is 31.7 Å². The Bertz CT molecular complexity index is 377. The molecule has 1 atom stereocenters. The van der Waals surface area contributed by atoms with Crippen LogP contribution >= 0.6 is 11.8 Å². The highest BCUT2D eigenvalue weighted by Crippen LogP contribution is 2.11. The number of nitrogens with zero attached hydrogens (tertiary/aromatic N) is 1. The Kier molecular flexibility index (Phi) is 5.02. The number of carbonyl (C=O) groups excluding carboxylic acids is 1. The first-order valence-electron chi connectivity index (χ1n) is 5.37. The normalized spacial score (nSPS) is 14.4. The first kappa shape index (κ1) is 14.1. The molecule has 0 bridgehead atoms. The van der Waals surface area contributed by atoms with Crippen molar-refractivity contribution in [1.29, 1.82) is 0 Å². The summed E-state index contributed by atoms with van der Waals surface area (Å²) in [6, 6.07) is 1.56. The summed E-state index contributed by atoms with van der Waals surface area (Å²) in [6.45, 7) is 3.63. The lowest BCUT2D eigenvalue weighted by molar-refractivity contribution is 0.0526. The van der Waals surface area contributed by atoms with E-state index in [0.717, 1.165) is 5.75 Å². The molecule has 0 aromatic carbocycles. The maximum atomic E-state index is 11.6. The van der Waals surface area contributed by atoms with Crippen molar-refractivity contribution in [3.63, 3.8) is 0 Å². The number of nitrogens with one attached hydrogen (secondary N) is 1. The van der Waals surface area contributed by atoms with Gasteiger partial charge in [0.2, 0.25) is 0 Å². The maximum Gasteiger partial charge on any atom is 0.273 e. The monoisotopic (exact) mass is 258 g/mol. The van der Waals surface area contributed by atoms with Crippen LogP contribution in [0.25, 0.3) is 0 Å². The second-order valence-corrected chi connectivity index (χ2v) is 5.23. The average Bonchev–Trinajstić information content (AvgIpc) is 2.70. The highest BCUT2D eigenvalue weighted by molar-refractivity contribution is 7.98. The van der Waals surface area contributed by atoms with Crippen molar-refractivity contribution in [2.24, 2.45) is 0 Å². The van der Waals surface area contributed by atoms with Crippen LogP contribution in [0.3, 0.4) is 0 Å². The molecule has 1 amide bonds. The average molecular weight is 258 g/mol. The van der Waals surface area contributed by atoms with E-state index in [1.165, 1.54) is 0 Å². The molecule has 1 heterocycles. The number of carbonyl (C=O) groups is 1. The van der Waals surface area contributed by atoms with Crippen LogP contribution in [0.1, 0.15) is 29.6 Å². The molecule has 1 aromatic heterocycles. The van der Waals surface area contributed by atoms with Crippen LogP contribution in [0.15, 0.2) is 10.6 Å². The smallest absolute Gasteiger partial charge is 0.273 e. The minimum atomic E-state index is -0.891. The molecule has 96 valence electrons. The third-order valence-electron chi connectivity index (χ3n) is 2.34. The molecule has 0 unspecified atom stereocenters. The van der Waals surface area contributed by atoms with Crippen LogP contribution in [-0.2, 0) is 0 Å². The van der Waals surface area contributed by atoms with Crippen LogP contribution in [0.4, 0.5) is 0 Å². The predicted molar refractivity (Wildman–Crippen MR) is 67.2 cm³/mol. The summed E-state index contributed by atoms with van der Waals surface area (Å²) in [6.07, 6.45) is 2.61. The molecule has 17 heavy (non-hydrogen) atoms. The number of rotatable bonds is 6. The number of aromatic nitrogens is 1. The van der Waals surface area contributed by atoms with Gasteiger partial charge in [-0.15, -0.1) is 0 Å². The molecule has 1 rings (SSSR count). The summed E-state index contributed by atoms with van der Waals surface area (Å²) in [7, 11) is 0. The van der Waals surface area contributed by atoms with Gasteiger partial charge in [0.25, 0.3) is 5.91 Å². The van der Waals surface area contributed by atoms with Gasteiger partial charge in [-0.05, 0) is 32.3 Å². The second-order valence-electron chi connectivity index (χ2n) is 4.25. The molecule has 0 spiro atoms. The van der Waals surface area contributed by atoms with Gasteiger partial charge >= 0.3 is 0 Å². The summed E-state index contributed by atoms with van der Waals surface area (Å²) in [5, 5.41) is 16.2. The van der Waals surface area contributed by atoms with E-state index < -0.39 is 5.60 Å². The molecule has 6 heteroatoms. The molecule has 0 aliphatic rings. The Morgan fingerprint density at radius 3 is 2.94 bits per heavy atom. The molecule has 0 saturated heterocycles. The topological polar surface area (TPSA) is 75.4 Å². The zero-order chi connectivity index (χ0) is 12.9. The SMILES string of the molecule is CSCC[C@@](C)(O)CNC(=O)c1cc(C)on1. The van der Waals surface area contributed by atoms with E-state index in [-0.39, 0.29) is 18.1 Å². The minimum absolute atomic E-state index is 0.207. The van der Waals surface area contributed by atoms with Gasteiger partial charge in [-0.2, -0.15) is 11.8 Å². The summed E-state index contributed by atoms with van der Waals surface area (Å²) < 4.78 is 4.81. The Hall–Kier alpha value is -1.01. The quantitative estimate of drug-likeness (QED) is 0.802. The van der Waals surface area contributed by atoms with Crippen molar-refractivity contribution >= 4 is 17.7 Å². The Morgan fingerprint density at radius 2 is 2.41 bits per heavy atom. The van der Waals surface area contributed by atoms with Crippen molar-refractivity contribution in [1.82, 2.24) is 10.5 Å². The van der Waals surface area contributed by atoms with Gasteiger partial charge in [-0.1, -0.05) is 5.16 Å². The fourth-order valence-corrected chi connectivity index (χ4v) is 1.89. The Morgan fingerprint density at radius 1 is 1.71 bits per heavy atom. The molecule has 0 fully saturated rings. The Balaban J connectivity index is 2.42. The van der Waals surface area contributed by atoms with Gasteiger partial charge in [-0.3, -0.25) is 4.79 Å². The number of aliphatic hydroxyl groups is 1. The summed E-state index contributed by atoms with van der Waals surface area (Å²) in [4.78, 5) is 11.6. The molecule has 0 aliphatic heterocycles. The number of thioether (sulfide) groups is 1. The lowest BCUT2D eigenvalue weighted by Gasteiger charge is -2.22. The molecular weight excluding hydrogens is 240 g/mol. The van der Waals surface area contributed by atoms with Gasteiger partial charge in [0.15, 0.2) is 5.69 Å². The fraction of sp³-hybridized carbons (Fsp3) is 0.636. The van der Waals surface area contributed by atoms with Crippen molar-refractivity contribution in [3.8, 4) is 0 Å². The molecular formula is C11H18N2O3S. The van der Waals surface area contributed by atoms with Crippen LogP contribution in [0.2, 0.25) is 0 Å². The molecule has 1 aromatic rings. The van der Waals surface area contributed by atoms with Crippen LogP contribution < -0.4 is 5.32 Å². The fourth-order valence-electron chi connectivity index (χ4n) is 1.24. The zero-order valence-corrected chi connectivity index (χ0v) is 11.1. The maximum absolute atomic E-state index is 11.6. The highest BCUT2D eigenvalue weighted by atomic mass is 32.2. The van der Waals surface area contributed by atoms with Gasteiger partial charge in [0.05, 0.1) is 5.60 Å². The van der Waals surface area contributed by atoms with Crippen LogP contribution in [0.5, 0.6) is 0 Å². The van der Waals surface area contributed by atoms with E-state index in [0.29, 0.717) is 12.2 Å². The van der Waals surface area contributed by atoms with Gasteiger partial charge < -0.3 is 14.9 Å². The third kappa shape index (κ3) is 4.79. The van der Waals surface area contributed by atoms with Crippen molar-refractivity contribution in [2.45, 2.75) is 25.9 Å². The number of hydrogen-bond acceptors (Lipinski definition) is 5. The second kappa shape index (κ2) is 6.07. The van der Waals surface area contributed by atoms with E-state index in [2.05, 4.69) is 10.5 Å². The summed E-state index contributed by atoms with van der Waals surface area (Å²) in [5.74, 6) is 1.11. The van der Waals surface area contributed by atoms with Crippen molar-refractivity contribution in [3.05, 3.63) is 17.5 Å². The Labute approximate surface area is 105 Å². The number of hydrogen-bond donors (Lipinski definition) is 2. The standard InChI is InChI=1S/C11H18N2O3S/c1-8-6-9(13-16-8)10(14)12-7-11(2,15)4-5-17-3/h6,15H,4-5,7H2,1-3H3,(H,12,14)/t11-/m1/s1.